The van der Waals surface area contributed by atoms with E-state index in [0.29, 0.717) is 5.82 Å². The number of nitrogens with zero attached hydrogens (tertiary/aromatic N) is 2. The summed E-state index contributed by atoms with van der Waals surface area (Å²) in [5, 5.41) is 6.37. The molecule has 1 heterocycles. The Morgan fingerprint density at radius 1 is 1.40 bits per heavy atom. The minimum atomic E-state index is -0.671. The van der Waals surface area contributed by atoms with E-state index < -0.39 is 11.6 Å². The van der Waals surface area contributed by atoms with Crippen molar-refractivity contribution in [3.05, 3.63) is 40.4 Å². The van der Waals surface area contributed by atoms with Crippen LogP contribution >= 0.6 is 12.2 Å². The van der Waals surface area contributed by atoms with Gasteiger partial charge in [0.15, 0.2) is 4.77 Å². The molecule has 0 radical (unpaired) electrons. The molecule has 0 saturated carbocycles. The van der Waals surface area contributed by atoms with Crippen molar-refractivity contribution in [2.24, 2.45) is 0 Å². The van der Waals surface area contributed by atoms with Crippen LogP contribution in [0.4, 0.5) is 8.78 Å². The summed E-state index contributed by atoms with van der Waals surface area (Å²) < 4.78 is 27.8. The van der Waals surface area contributed by atoms with Crippen molar-refractivity contribution in [3.63, 3.8) is 0 Å². The van der Waals surface area contributed by atoms with Gasteiger partial charge in [0.1, 0.15) is 17.5 Å². The van der Waals surface area contributed by atoms with E-state index in [-0.39, 0.29) is 10.5 Å². The molecular weight excluding hydrogens is 220 g/mol. The minimum Gasteiger partial charge on any atom is -0.269 e. The van der Waals surface area contributed by atoms with Crippen LogP contribution in [0, 0.1) is 23.3 Å². The fraction of sp³-hybridized carbons (Fsp3) is 0.111. The van der Waals surface area contributed by atoms with E-state index in [4.69, 9.17) is 12.2 Å². The first-order chi connectivity index (χ1) is 7.09. The highest BCUT2D eigenvalue weighted by atomic mass is 32.1. The number of aromatic nitrogens is 3. The quantitative estimate of drug-likeness (QED) is 0.759. The number of hydrogen-bond acceptors (Lipinski definition) is 2. The molecule has 3 nitrogen and oxygen atoms in total. The van der Waals surface area contributed by atoms with Gasteiger partial charge in [-0.3, -0.25) is 9.67 Å². The lowest BCUT2D eigenvalue weighted by molar-refractivity contribution is 0.576. The lowest BCUT2D eigenvalue weighted by Gasteiger charge is -2.04. The lowest BCUT2D eigenvalue weighted by atomic mass is 10.3. The predicted molar refractivity (Wildman–Crippen MR) is 53.4 cm³/mol. The maximum Gasteiger partial charge on any atom is 0.199 e. The maximum atomic E-state index is 13.4. The maximum absolute atomic E-state index is 13.4. The van der Waals surface area contributed by atoms with E-state index in [0.717, 1.165) is 6.07 Å². The van der Waals surface area contributed by atoms with E-state index >= 15 is 0 Å². The molecule has 0 fully saturated rings. The summed E-state index contributed by atoms with van der Waals surface area (Å²) in [5.41, 5.74) is 0.188. The highest BCUT2D eigenvalue weighted by Gasteiger charge is 2.09. The molecule has 2 rings (SSSR count). The molecule has 2 aromatic rings. The van der Waals surface area contributed by atoms with Crippen LogP contribution in [0.15, 0.2) is 18.2 Å². The van der Waals surface area contributed by atoms with E-state index in [1.807, 2.05) is 0 Å². The number of hydrogen-bond donors (Lipinski definition) is 1. The van der Waals surface area contributed by atoms with Gasteiger partial charge < -0.3 is 0 Å². The van der Waals surface area contributed by atoms with Crippen molar-refractivity contribution in [1.29, 1.82) is 0 Å². The van der Waals surface area contributed by atoms with Gasteiger partial charge in [-0.05, 0) is 31.3 Å². The SMILES string of the molecule is Cc1n[nH]c(=S)n1-c1ccc(F)cc1F. The second kappa shape index (κ2) is 3.54. The Morgan fingerprint density at radius 2 is 2.13 bits per heavy atom. The Labute approximate surface area is 89.4 Å². The van der Waals surface area contributed by atoms with E-state index in [1.165, 1.54) is 16.7 Å². The predicted octanol–water partition coefficient (Wildman–Crippen LogP) is 2.52. The number of nitrogens with one attached hydrogen (secondary N) is 1. The average Bonchev–Trinajstić information content (AvgIpc) is 2.48. The summed E-state index contributed by atoms with van der Waals surface area (Å²) in [7, 11) is 0. The molecule has 1 aromatic heterocycles. The Bertz CT molecular complexity index is 559. The third kappa shape index (κ3) is 1.68. The van der Waals surface area contributed by atoms with Crippen molar-refractivity contribution < 1.29 is 8.78 Å². The monoisotopic (exact) mass is 227 g/mol. The molecule has 0 unspecified atom stereocenters. The molecule has 0 atom stereocenters. The first-order valence-corrected chi connectivity index (χ1v) is 4.60. The van der Waals surface area contributed by atoms with Crippen LogP contribution in [0.1, 0.15) is 5.82 Å². The van der Waals surface area contributed by atoms with Crippen LogP contribution in [-0.2, 0) is 0 Å². The minimum absolute atomic E-state index is 0.188. The van der Waals surface area contributed by atoms with Crippen LogP contribution in [0.5, 0.6) is 0 Å². The molecule has 1 N–H and O–H groups in total. The van der Waals surface area contributed by atoms with Crippen LogP contribution in [0.25, 0.3) is 5.69 Å². The lowest BCUT2D eigenvalue weighted by Crippen LogP contribution is -2.00. The van der Waals surface area contributed by atoms with Gasteiger partial charge in [-0.25, -0.2) is 8.78 Å². The molecule has 0 bridgehead atoms. The molecular formula is C9H7F2N3S. The second-order valence-electron chi connectivity index (χ2n) is 3.01. The summed E-state index contributed by atoms with van der Waals surface area (Å²) in [5.74, 6) is -0.773. The molecule has 0 amide bonds. The second-order valence-corrected chi connectivity index (χ2v) is 3.39. The third-order valence-electron chi connectivity index (χ3n) is 1.99. The zero-order valence-corrected chi connectivity index (χ0v) is 8.61. The Kier molecular flexibility index (Phi) is 2.36. The molecule has 0 aliphatic heterocycles. The Balaban J connectivity index is 2.69. The molecule has 0 spiro atoms. The Morgan fingerprint density at radius 3 is 2.67 bits per heavy atom. The van der Waals surface area contributed by atoms with Crippen LogP contribution in [-0.4, -0.2) is 14.8 Å². The van der Waals surface area contributed by atoms with Crippen LogP contribution in [0.2, 0.25) is 0 Å². The summed E-state index contributed by atoms with van der Waals surface area (Å²) in [6, 6.07) is 3.30. The average molecular weight is 227 g/mol. The van der Waals surface area contributed by atoms with Gasteiger partial charge >= 0.3 is 0 Å². The van der Waals surface area contributed by atoms with Crippen molar-refractivity contribution >= 4 is 12.2 Å². The van der Waals surface area contributed by atoms with Crippen molar-refractivity contribution in [1.82, 2.24) is 14.8 Å². The van der Waals surface area contributed by atoms with Gasteiger partial charge in [0.05, 0.1) is 5.69 Å². The van der Waals surface area contributed by atoms with Gasteiger partial charge in [-0.15, -0.1) is 0 Å². The third-order valence-corrected chi connectivity index (χ3v) is 2.26. The summed E-state index contributed by atoms with van der Waals surface area (Å²) in [6.45, 7) is 1.68. The molecule has 78 valence electrons. The van der Waals surface area contributed by atoms with E-state index in [9.17, 15) is 8.78 Å². The molecule has 15 heavy (non-hydrogen) atoms. The van der Waals surface area contributed by atoms with Gasteiger partial charge in [0.2, 0.25) is 0 Å². The normalized spacial score (nSPS) is 10.6. The van der Waals surface area contributed by atoms with Gasteiger partial charge in [-0.2, -0.15) is 5.10 Å². The number of H-pyrrole nitrogens is 1. The number of rotatable bonds is 1. The fourth-order valence-electron chi connectivity index (χ4n) is 1.32. The van der Waals surface area contributed by atoms with Crippen molar-refractivity contribution in [2.75, 3.05) is 0 Å². The molecule has 0 aliphatic rings. The first kappa shape index (κ1) is 9.97. The van der Waals surface area contributed by atoms with Gasteiger partial charge in [-0.1, -0.05) is 0 Å². The highest BCUT2D eigenvalue weighted by molar-refractivity contribution is 7.71. The largest absolute Gasteiger partial charge is 0.269 e. The number of halogens is 2. The Hall–Kier alpha value is -1.56. The smallest absolute Gasteiger partial charge is 0.199 e. The summed E-state index contributed by atoms with van der Waals surface area (Å²) >= 11 is 4.93. The van der Waals surface area contributed by atoms with E-state index in [1.54, 1.807) is 6.92 Å². The van der Waals surface area contributed by atoms with E-state index in [2.05, 4.69) is 10.2 Å². The van der Waals surface area contributed by atoms with Gasteiger partial charge in [0.25, 0.3) is 0 Å². The number of benzene rings is 1. The zero-order chi connectivity index (χ0) is 11.0. The topological polar surface area (TPSA) is 33.6 Å². The van der Waals surface area contributed by atoms with Crippen LogP contribution in [0.3, 0.4) is 0 Å². The summed E-state index contributed by atoms with van der Waals surface area (Å²) in [6.07, 6.45) is 0. The van der Waals surface area contributed by atoms with Crippen molar-refractivity contribution in [2.45, 2.75) is 6.92 Å². The van der Waals surface area contributed by atoms with Crippen LogP contribution < -0.4 is 0 Å². The standard InChI is InChI=1S/C9H7F2N3S/c1-5-12-13-9(15)14(5)8-3-2-6(10)4-7(8)11/h2-4H,1H3,(H,13,15). The molecule has 0 aliphatic carbocycles. The zero-order valence-electron chi connectivity index (χ0n) is 7.79. The molecule has 1 aromatic carbocycles. The first-order valence-electron chi connectivity index (χ1n) is 4.19. The van der Waals surface area contributed by atoms with Crippen molar-refractivity contribution in [3.8, 4) is 5.69 Å². The molecule has 0 saturated heterocycles. The summed E-state index contributed by atoms with van der Waals surface area (Å²) in [4.78, 5) is 0. The highest BCUT2D eigenvalue weighted by Crippen LogP contribution is 2.16. The fourth-order valence-corrected chi connectivity index (χ4v) is 1.60. The molecule has 6 heteroatoms. The number of aromatic amines is 1. The number of aryl methyl sites for hydroxylation is 1. The van der Waals surface area contributed by atoms with Gasteiger partial charge in [0, 0.05) is 6.07 Å².